The lowest BCUT2D eigenvalue weighted by atomic mass is 10.2. The highest BCUT2D eigenvalue weighted by molar-refractivity contribution is 6.55. The first kappa shape index (κ1) is 28.4. The molecular formula is C18H20Cl5N3O6. The summed E-state index contributed by atoms with van der Waals surface area (Å²) < 4.78 is 10.0. The van der Waals surface area contributed by atoms with Crippen molar-refractivity contribution in [3.8, 4) is 5.75 Å². The van der Waals surface area contributed by atoms with Crippen LogP contribution in [-0.2, 0) is 19.1 Å². The van der Waals surface area contributed by atoms with Crippen molar-refractivity contribution in [3.63, 3.8) is 0 Å². The van der Waals surface area contributed by atoms with Crippen LogP contribution < -0.4 is 20.7 Å². The second-order valence-electron chi connectivity index (χ2n) is 7.24. The number of ether oxygens (including phenoxy) is 2. The van der Waals surface area contributed by atoms with Gasteiger partial charge in [-0.3, -0.25) is 9.59 Å². The molecular weight excluding hydrogens is 531 g/mol. The molecule has 0 fully saturated rings. The molecule has 32 heavy (non-hydrogen) atoms. The summed E-state index contributed by atoms with van der Waals surface area (Å²) in [6, 6.07) is -0.966. The van der Waals surface area contributed by atoms with E-state index in [1.807, 2.05) is 0 Å². The summed E-state index contributed by atoms with van der Waals surface area (Å²) >= 11 is 29.5. The highest BCUT2D eigenvalue weighted by atomic mass is 35.5. The molecule has 0 bridgehead atoms. The van der Waals surface area contributed by atoms with Gasteiger partial charge in [-0.25, -0.2) is 9.59 Å². The summed E-state index contributed by atoms with van der Waals surface area (Å²) in [4.78, 5) is 47.5. The smallest absolute Gasteiger partial charge is 0.408 e. The Bertz CT molecular complexity index is 890. The summed E-state index contributed by atoms with van der Waals surface area (Å²) in [5.74, 6) is -2.60. The van der Waals surface area contributed by atoms with Crippen LogP contribution in [-0.4, -0.2) is 48.6 Å². The van der Waals surface area contributed by atoms with Crippen LogP contribution in [0.5, 0.6) is 5.75 Å². The number of benzene rings is 1. The van der Waals surface area contributed by atoms with E-state index in [-0.39, 0.29) is 30.9 Å². The zero-order chi connectivity index (χ0) is 24.8. The van der Waals surface area contributed by atoms with Gasteiger partial charge < -0.3 is 25.4 Å². The third-order valence-corrected chi connectivity index (χ3v) is 5.61. The number of alkyl carbamates (subject to hydrolysis) is 1. The molecule has 0 saturated heterocycles. The molecule has 0 radical (unpaired) electrons. The standard InChI is InChI=1S/C18H20Cl5N3O6/c1-7(26-17(30)32-18(2,3)4)16(29)25-5-8(27)24-6-9(28)31-15-13(22)11(20)10(19)12(21)14(15)23/h7H,5-6H2,1-4H3,(H,24,27)(H,25,29)(H,26,30)/t7-/m0/s1. The van der Waals surface area contributed by atoms with Crippen molar-refractivity contribution in [2.24, 2.45) is 0 Å². The second-order valence-corrected chi connectivity index (χ2v) is 9.13. The normalized spacial score (nSPS) is 11.9. The Balaban J connectivity index is 2.51. The Kier molecular flexibility index (Phi) is 10.6. The zero-order valence-corrected chi connectivity index (χ0v) is 21.1. The number of rotatable bonds is 7. The van der Waals surface area contributed by atoms with Crippen LogP contribution in [0.15, 0.2) is 0 Å². The van der Waals surface area contributed by atoms with Crippen LogP contribution in [0, 0.1) is 0 Å². The highest BCUT2D eigenvalue weighted by Crippen LogP contribution is 2.48. The van der Waals surface area contributed by atoms with Crippen molar-refractivity contribution in [1.29, 1.82) is 0 Å². The fourth-order valence-corrected chi connectivity index (χ4v) is 3.13. The molecule has 0 unspecified atom stereocenters. The number of hydrogen-bond donors (Lipinski definition) is 3. The summed E-state index contributed by atoms with van der Waals surface area (Å²) in [5.41, 5.74) is -0.730. The number of hydrogen-bond acceptors (Lipinski definition) is 6. The Morgan fingerprint density at radius 3 is 1.84 bits per heavy atom. The van der Waals surface area contributed by atoms with E-state index in [0.717, 1.165) is 0 Å². The van der Waals surface area contributed by atoms with Crippen molar-refractivity contribution in [1.82, 2.24) is 16.0 Å². The number of carbonyl (C=O) groups is 4. The molecule has 1 aromatic carbocycles. The van der Waals surface area contributed by atoms with Gasteiger partial charge >= 0.3 is 12.1 Å². The van der Waals surface area contributed by atoms with Gasteiger partial charge in [0.2, 0.25) is 11.8 Å². The minimum Gasteiger partial charge on any atom is -0.444 e. The van der Waals surface area contributed by atoms with E-state index in [1.165, 1.54) is 6.92 Å². The second kappa shape index (κ2) is 12.0. The summed E-state index contributed by atoms with van der Waals surface area (Å²) in [7, 11) is 0. The lowest BCUT2D eigenvalue weighted by molar-refractivity contribution is -0.135. The molecule has 9 nitrogen and oxygen atoms in total. The molecule has 0 aromatic heterocycles. The molecule has 0 aliphatic carbocycles. The molecule has 14 heteroatoms. The maximum Gasteiger partial charge on any atom is 0.408 e. The van der Waals surface area contributed by atoms with Gasteiger partial charge in [0.1, 0.15) is 28.2 Å². The molecule has 3 amide bonds. The number of nitrogens with one attached hydrogen (secondary N) is 3. The molecule has 0 saturated carbocycles. The van der Waals surface area contributed by atoms with Gasteiger partial charge in [0.15, 0.2) is 5.75 Å². The van der Waals surface area contributed by atoms with Gasteiger partial charge in [0.05, 0.1) is 21.6 Å². The van der Waals surface area contributed by atoms with E-state index in [9.17, 15) is 19.2 Å². The SMILES string of the molecule is C[C@H](NC(=O)OC(C)(C)C)C(=O)NCC(=O)NCC(=O)Oc1c(Cl)c(Cl)c(Cl)c(Cl)c1Cl. The largest absolute Gasteiger partial charge is 0.444 e. The summed E-state index contributed by atoms with van der Waals surface area (Å²) in [5, 5.41) is 5.96. The first-order valence-corrected chi connectivity index (χ1v) is 10.8. The van der Waals surface area contributed by atoms with E-state index in [0.29, 0.717) is 0 Å². The molecule has 0 heterocycles. The van der Waals surface area contributed by atoms with Crippen molar-refractivity contribution >= 4 is 81.9 Å². The predicted octanol–water partition coefficient (Wildman–Crippen LogP) is 4.00. The third-order valence-electron chi connectivity index (χ3n) is 3.37. The minimum absolute atomic E-state index is 0.109. The van der Waals surface area contributed by atoms with E-state index < -0.39 is 48.6 Å². The Morgan fingerprint density at radius 2 is 1.34 bits per heavy atom. The van der Waals surface area contributed by atoms with Crippen molar-refractivity contribution in [2.75, 3.05) is 13.1 Å². The monoisotopic (exact) mass is 549 g/mol. The van der Waals surface area contributed by atoms with Crippen LogP contribution in [0.1, 0.15) is 27.7 Å². The average Bonchev–Trinajstić information content (AvgIpc) is 2.69. The van der Waals surface area contributed by atoms with Crippen LogP contribution in [0.4, 0.5) is 4.79 Å². The van der Waals surface area contributed by atoms with Crippen LogP contribution in [0.2, 0.25) is 25.1 Å². The van der Waals surface area contributed by atoms with Gasteiger partial charge in [-0.2, -0.15) is 0 Å². The number of amides is 3. The maximum atomic E-state index is 12.0. The fraction of sp³-hybridized carbons (Fsp3) is 0.444. The quantitative estimate of drug-likeness (QED) is 0.204. The van der Waals surface area contributed by atoms with E-state index in [2.05, 4.69) is 16.0 Å². The molecule has 1 rings (SSSR count). The Labute approximate surface area is 209 Å². The highest BCUT2D eigenvalue weighted by Gasteiger charge is 2.23. The Morgan fingerprint density at radius 1 is 0.844 bits per heavy atom. The fourth-order valence-electron chi connectivity index (χ4n) is 1.93. The van der Waals surface area contributed by atoms with Gasteiger partial charge in [-0.05, 0) is 27.7 Å². The summed E-state index contributed by atoms with van der Waals surface area (Å²) in [6.07, 6.45) is -0.785. The van der Waals surface area contributed by atoms with Crippen molar-refractivity contribution in [3.05, 3.63) is 25.1 Å². The molecule has 1 atom stereocenters. The number of halogens is 5. The van der Waals surface area contributed by atoms with Gasteiger partial charge in [0.25, 0.3) is 0 Å². The van der Waals surface area contributed by atoms with Crippen molar-refractivity contribution in [2.45, 2.75) is 39.3 Å². The number of esters is 1. The van der Waals surface area contributed by atoms with Crippen LogP contribution in [0.25, 0.3) is 0 Å². The first-order chi connectivity index (χ1) is 14.6. The summed E-state index contributed by atoms with van der Waals surface area (Å²) in [6.45, 7) is 5.38. The molecule has 0 aliphatic heterocycles. The van der Waals surface area contributed by atoms with Crippen molar-refractivity contribution < 1.29 is 28.7 Å². The minimum atomic E-state index is -0.966. The first-order valence-electron chi connectivity index (χ1n) is 8.90. The zero-order valence-electron chi connectivity index (χ0n) is 17.3. The van der Waals surface area contributed by atoms with E-state index in [1.54, 1.807) is 20.8 Å². The van der Waals surface area contributed by atoms with Crippen LogP contribution >= 0.6 is 58.0 Å². The van der Waals surface area contributed by atoms with Gasteiger partial charge in [-0.1, -0.05) is 58.0 Å². The third kappa shape index (κ3) is 8.71. The lowest BCUT2D eigenvalue weighted by Crippen LogP contribution is -2.49. The van der Waals surface area contributed by atoms with Gasteiger partial charge in [0, 0.05) is 0 Å². The van der Waals surface area contributed by atoms with E-state index in [4.69, 9.17) is 67.5 Å². The predicted molar refractivity (Wildman–Crippen MR) is 122 cm³/mol. The van der Waals surface area contributed by atoms with E-state index >= 15 is 0 Å². The maximum absolute atomic E-state index is 12.0. The molecule has 0 spiro atoms. The molecule has 3 N–H and O–H groups in total. The Hall–Kier alpha value is -1.65. The topological polar surface area (TPSA) is 123 Å². The average molecular weight is 552 g/mol. The molecule has 178 valence electrons. The molecule has 0 aliphatic rings. The molecule has 1 aromatic rings. The van der Waals surface area contributed by atoms with Gasteiger partial charge in [-0.15, -0.1) is 0 Å². The van der Waals surface area contributed by atoms with Crippen LogP contribution in [0.3, 0.4) is 0 Å². The number of carbonyl (C=O) groups excluding carboxylic acids is 4. The lowest BCUT2D eigenvalue weighted by Gasteiger charge is -2.21.